The monoisotopic (exact) mass is 352 g/mol. The Balaban J connectivity index is 2.45. The number of hydrogen-bond acceptors (Lipinski definition) is 5. The number of hydrogen-bond donors (Lipinski definition) is 1. The fourth-order valence-corrected chi connectivity index (χ4v) is 3.52. The molecule has 0 aliphatic carbocycles. The maximum Gasteiger partial charge on any atom is 0.330 e. The maximum absolute atomic E-state index is 12.0. The maximum atomic E-state index is 12.0. The highest BCUT2D eigenvalue weighted by molar-refractivity contribution is 7.91. The Labute approximate surface area is 128 Å². The number of benzene rings is 1. The van der Waals surface area contributed by atoms with Crippen molar-refractivity contribution in [1.29, 1.82) is 0 Å². The van der Waals surface area contributed by atoms with Gasteiger partial charge in [-0.05, 0) is 37.1 Å². The molecule has 0 amide bonds. The molecule has 0 fully saturated rings. The number of rotatable bonds is 8. The summed E-state index contributed by atoms with van der Waals surface area (Å²) in [4.78, 5) is 9.99. The van der Waals surface area contributed by atoms with Crippen LogP contribution in [-0.2, 0) is 24.8 Å². The van der Waals surface area contributed by atoms with E-state index in [9.17, 15) is 21.6 Å². The number of isocyanates is 1. The quantitative estimate of drug-likeness (QED) is 0.427. The van der Waals surface area contributed by atoms with Gasteiger partial charge in [-0.15, -0.1) is 0 Å². The van der Waals surface area contributed by atoms with Gasteiger partial charge in [0.05, 0.1) is 10.6 Å². The third kappa shape index (κ3) is 6.36. The van der Waals surface area contributed by atoms with Crippen LogP contribution in [0.15, 0.2) is 33.6 Å². The summed E-state index contributed by atoms with van der Waals surface area (Å²) in [5.74, 6) is -0.118. The van der Waals surface area contributed by atoms with Crippen LogP contribution in [0.2, 0.25) is 5.02 Å². The zero-order chi connectivity index (χ0) is 15.9. The van der Waals surface area contributed by atoms with Crippen molar-refractivity contribution in [2.24, 2.45) is 4.40 Å². The molecule has 1 aromatic carbocycles. The molecular formula is C11H13ClN2O5S2. The van der Waals surface area contributed by atoms with Crippen LogP contribution in [-0.4, -0.2) is 35.2 Å². The second kappa shape index (κ2) is 7.67. The van der Waals surface area contributed by atoms with Crippen molar-refractivity contribution < 1.29 is 21.6 Å². The van der Waals surface area contributed by atoms with Crippen molar-refractivity contribution in [3.8, 4) is 0 Å². The summed E-state index contributed by atoms with van der Waals surface area (Å²) in [5.41, 5.74) is 0. The first-order valence-electron chi connectivity index (χ1n) is 5.84. The Morgan fingerprint density at radius 1 is 1.10 bits per heavy atom. The summed E-state index contributed by atoms with van der Waals surface area (Å²) in [6, 6.07) is 5.80. The van der Waals surface area contributed by atoms with Gasteiger partial charge in [0.25, 0.3) is 6.08 Å². The van der Waals surface area contributed by atoms with Crippen LogP contribution < -0.4 is 4.72 Å². The normalized spacial score (nSPS) is 11.9. The summed E-state index contributed by atoms with van der Waals surface area (Å²) < 4.78 is 50.5. The summed E-state index contributed by atoms with van der Waals surface area (Å²) in [5, 5.41) is 0.444. The SMILES string of the molecule is O=C=NS(=O)(=O)NCCCCS(=O)(=O)c1ccc(Cl)cc1. The fraction of sp³-hybridized carbons (Fsp3) is 0.364. The van der Waals surface area contributed by atoms with Crippen molar-refractivity contribution in [2.75, 3.05) is 12.3 Å². The Hall–Kier alpha value is -1.25. The first kappa shape index (κ1) is 17.8. The lowest BCUT2D eigenvalue weighted by molar-refractivity contribution is 0.561. The molecule has 0 radical (unpaired) electrons. The van der Waals surface area contributed by atoms with E-state index in [0.717, 1.165) is 6.08 Å². The van der Waals surface area contributed by atoms with E-state index < -0.39 is 20.0 Å². The van der Waals surface area contributed by atoms with Crippen molar-refractivity contribution in [1.82, 2.24) is 4.72 Å². The Kier molecular flexibility index (Phi) is 6.50. The van der Waals surface area contributed by atoms with Gasteiger partial charge in [-0.1, -0.05) is 16.0 Å². The number of carbonyl (C=O) groups excluding carboxylic acids is 1. The molecule has 0 saturated carbocycles. The van der Waals surface area contributed by atoms with Crippen molar-refractivity contribution in [2.45, 2.75) is 17.7 Å². The molecule has 0 heterocycles. The predicted octanol–water partition coefficient (Wildman–Crippen LogP) is 1.06. The first-order valence-corrected chi connectivity index (χ1v) is 9.31. The number of halogens is 1. The van der Waals surface area contributed by atoms with Crippen LogP contribution in [0.5, 0.6) is 0 Å². The van der Waals surface area contributed by atoms with Gasteiger partial charge in [0.2, 0.25) is 0 Å². The van der Waals surface area contributed by atoms with E-state index in [1.807, 2.05) is 4.72 Å². The molecule has 0 bridgehead atoms. The smallest absolute Gasteiger partial charge is 0.224 e. The Morgan fingerprint density at radius 3 is 2.29 bits per heavy atom. The summed E-state index contributed by atoms with van der Waals surface area (Å²) in [7, 11) is -7.44. The van der Waals surface area contributed by atoms with Gasteiger partial charge in [-0.3, -0.25) is 0 Å². The minimum atomic E-state index is -4.02. The molecule has 10 heteroatoms. The van der Waals surface area contributed by atoms with E-state index in [-0.39, 0.29) is 23.6 Å². The summed E-state index contributed by atoms with van der Waals surface area (Å²) in [6.07, 6.45) is 1.47. The second-order valence-electron chi connectivity index (χ2n) is 4.03. The van der Waals surface area contributed by atoms with E-state index >= 15 is 0 Å². The van der Waals surface area contributed by atoms with Crippen LogP contribution >= 0.6 is 11.6 Å². The van der Waals surface area contributed by atoms with E-state index in [2.05, 4.69) is 4.40 Å². The largest absolute Gasteiger partial charge is 0.330 e. The number of sulfone groups is 1. The van der Waals surface area contributed by atoms with Gasteiger partial charge < -0.3 is 0 Å². The van der Waals surface area contributed by atoms with Crippen molar-refractivity contribution in [3.63, 3.8) is 0 Å². The predicted molar refractivity (Wildman–Crippen MR) is 77.8 cm³/mol. The first-order chi connectivity index (χ1) is 9.77. The molecule has 0 saturated heterocycles. The minimum Gasteiger partial charge on any atom is -0.224 e. The molecule has 1 N–H and O–H groups in total. The lowest BCUT2D eigenvalue weighted by Gasteiger charge is -2.05. The standard InChI is InChI=1S/C11H13ClN2O5S2/c12-10-3-5-11(6-4-10)20(16,17)8-2-1-7-13-21(18,19)14-9-15/h3-6,13H,1-2,7-8H2. The summed E-state index contributed by atoms with van der Waals surface area (Å²) >= 11 is 5.68. The van der Waals surface area contributed by atoms with Gasteiger partial charge in [0, 0.05) is 11.6 Å². The Bertz CT molecular complexity index is 722. The highest BCUT2D eigenvalue weighted by Gasteiger charge is 2.14. The van der Waals surface area contributed by atoms with Crippen molar-refractivity contribution in [3.05, 3.63) is 29.3 Å². The average Bonchev–Trinajstić information content (AvgIpc) is 2.38. The molecule has 0 spiro atoms. The molecule has 0 atom stereocenters. The van der Waals surface area contributed by atoms with Crippen LogP contribution in [0, 0.1) is 0 Å². The van der Waals surface area contributed by atoms with Gasteiger partial charge in [0.1, 0.15) is 0 Å². The van der Waals surface area contributed by atoms with Gasteiger partial charge in [-0.2, -0.15) is 13.1 Å². The molecule has 116 valence electrons. The van der Waals surface area contributed by atoms with E-state index in [1.165, 1.54) is 24.3 Å². The topological polar surface area (TPSA) is 110 Å². The lowest BCUT2D eigenvalue weighted by atomic mass is 10.3. The van der Waals surface area contributed by atoms with Gasteiger partial charge >= 0.3 is 10.2 Å². The van der Waals surface area contributed by atoms with E-state index in [0.29, 0.717) is 11.4 Å². The Morgan fingerprint density at radius 2 is 1.71 bits per heavy atom. The fourth-order valence-electron chi connectivity index (χ4n) is 1.46. The third-order valence-corrected chi connectivity index (χ3v) is 5.41. The van der Waals surface area contributed by atoms with E-state index in [1.54, 1.807) is 0 Å². The highest BCUT2D eigenvalue weighted by atomic mass is 35.5. The lowest BCUT2D eigenvalue weighted by Crippen LogP contribution is -2.22. The molecule has 21 heavy (non-hydrogen) atoms. The van der Waals surface area contributed by atoms with Gasteiger partial charge in [0.15, 0.2) is 9.84 Å². The molecule has 0 aromatic heterocycles. The molecule has 0 aliphatic rings. The number of unbranched alkanes of at least 4 members (excludes halogenated alkanes) is 1. The zero-order valence-corrected chi connectivity index (χ0v) is 13.2. The number of nitrogens with zero attached hydrogens (tertiary/aromatic N) is 1. The van der Waals surface area contributed by atoms with Crippen LogP contribution in [0.25, 0.3) is 0 Å². The molecular weight excluding hydrogens is 340 g/mol. The highest BCUT2D eigenvalue weighted by Crippen LogP contribution is 2.16. The van der Waals surface area contributed by atoms with E-state index in [4.69, 9.17) is 11.6 Å². The van der Waals surface area contributed by atoms with Crippen LogP contribution in [0.3, 0.4) is 0 Å². The zero-order valence-electron chi connectivity index (χ0n) is 10.8. The van der Waals surface area contributed by atoms with Crippen molar-refractivity contribution >= 4 is 37.7 Å². The third-order valence-electron chi connectivity index (χ3n) is 2.45. The van der Waals surface area contributed by atoms with Gasteiger partial charge in [-0.25, -0.2) is 13.2 Å². The molecule has 1 aromatic rings. The second-order valence-corrected chi connectivity index (χ2v) is 8.00. The average molecular weight is 353 g/mol. The number of nitrogens with one attached hydrogen (secondary N) is 1. The van der Waals surface area contributed by atoms with Crippen LogP contribution in [0.1, 0.15) is 12.8 Å². The minimum absolute atomic E-state index is 0.0103. The summed E-state index contributed by atoms with van der Waals surface area (Å²) in [6.45, 7) is -0.0103. The molecule has 7 nitrogen and oxygen atoms in total. The molecule has 0 aliphatic heterocycles. The van der Waals surface area contributed by atoms with Crippen LogP contribution in [0.4, 0.5) is 0 Å². The molecule has 0 unspecified atom stereocenters. The molecule has 1 rings (SSSR count).